The van der Waals surface area contributed by atoms with Crippen molar-refractivity contribution in [3.8, 4) is 0 Å². The molecule has 0 radical (unpaired) electrons. The summed E-state index contributed by atoms with van der Waals surface area (Å²) in [5, 5.41) is 3.33. The summed E-state index contributed by atoms with van der Waals surface area (Å²) < 4.78 is 0. The maximum absolute atomic E-state index is 4.47. The summed E-state index contributed by atoms with van der Waals surface area (Å²) in [5.41, 5.74) is 2.71. The number of amidine groups is 1. The number of hydrogen-bond donors (Lipinski definition) is 1. The third kappa shape index (κ3) is 2.81. The van der Waals surface area contributed by atoms with E-state index in [-0.39, 0.29) is 0 Å². The van der Waals surface area contributed by atoms with Crippen LogP contribution in [0.2, 0.25) is 0 Å². The van der Waals surface area contributed by atoms with Crippen LogP contribution in [0, 0.1) is 0 Å². The predicted molar refractivity (Wildman–Crippen MR) is 79.9 cm³/mol. The van der Waals surface area contributed by atoms with E-state index in [1.807, 2.05) is 0 Å². The molecule has 2 aliphatic rings. The lowest BCUT2D eigenvalue weighted by molar-refractivity contribution is 0.218. The van der Waals surface area contributed by atoms with Crippen molar-refractivity contribution in [3.05, 3.63) is 35.4 Å². The van der Waals surface area contributed by atoms with E-state index >= 15 is 0 Å². The Hall–Kier alpha value is -1.35. The van der Waals surface area contributed by atoms with E-state index in [0.717, 1.165) is 18.9 Å². The van der Waals surface area contributed by atoms with Gasteiger partial charge in [0.05, 0.1) is 6.54 Å². The van der Waals surface area contributed by atoms with Gasteiger partial charge in [0.15, 0.2) is 0 Å². The number of likely N-dealkylation sites (N-methyl/N-ethyl adjacent to an activating group) is 1. The van der Waals surface area contributed by atoms with Crippen LogP contribution in [-0.2, 0) is 0 Å². The Morgan fingerprint density at radius 2 is 2.16 bits per heavy atom. The lowest BCUT2D eigenvalue weighted by Crippen LogP contribution is -2.34. The Labute approximate surface area is 115 Å². The summed E-state index contributed by atoms with van der Waals surface area (Å²) >= 11 is 0. The number of nitrogens with one attached hydrogen (secondary N) is 1. The van der Waals surface area contributed by atoms with E-state index in [2.05, 4.69) is 46.4 Å². The number of likely N-dealkylation sites (tertiary alicyclic amines) is 1. The van der Waals surface area contributed by atoms with Gasteiger partial charge in [0, 0.05) is 18.7 Å². The first-order valence-corrected chi connectivity index (χ1v) is 7.48. The second kappa shape index (κ2) is 5.74. The van der Waals surface area contributed by atoms with Crippen molar-refractivity contribution in [1.82, 2.24) is 10.2 Å². The number of rotatable bonds is 3. The lowest BCUT2D eigenvalue weighted by Gasteiger charge is -2.32. The van der Waals surface area contributed by atoms with Crippen LogP contribution in [0.25, 0.3) is 0 Å². The average molecular weight is 257 g/mol. The number of piperidine rings is 1. The molecule has 2 heterocycles. The number of benzene rings is 1. The molecule has 19 heavy (non-hydrogen) atoms. The fourth-order valence-corrected chi connectivity index (χ4v) is 3.12. The molecule has 2 aliphatic heterocycles. The van der Waals surface area contributed by atoms with Crippen LogP contribution >= 0.6 is 0 Å². The Morgan fingerprint density at radius 1 is 1.32 bits per heavy atom. The molecule has 0 aliphatic carbocycles. The van der Waals surface area contributed by atoms with Gasteiger partial charge in [0.25, 0.3) is 0 Å². The van der Waals surface area contributed by atoms with Crippen molar-refractivity contribution < 1.29 is 0 Å². The van der Waals surface area contributed by atoms with Crippen LogP contribution in [0.15, 0.2) is 29.3 Å². The Kier molecular flexibility index (Phi) is 3.83. The van der Waals surface area contributed by atoms with Crippen LogP contribution in [-0.4, -0.2) is 43.5 Å². The van der Waals surface area contributed by atoms with Crippen LogP contribution in [0.1, 0.15) is 36.8 Å². The minimum absolute atomic E-state index is 0.709. The van der Waals surface area contributed by atoms with E-state index < -0.39 is 0 Å². The number of hydrogen-bond acceptors (Lipinski definition) is 3. The van der Waals surface area contributed by atoms with Gasteiger partial charge in [-0.1, -0.05) is 31.2 Å². The summed E-state index contributed by atoms with van der Waals surface area (Å²) in [7, 11) is 0. The Morgan fingerprint density at radius 3 is 2.84 bits per heavy atom. The van der Waals surface area contributed by atoms with Gasteiger partial charge in [-0.3, -0.25) is 4.99 Å². The normalized spacial score (nSPS) is 24.1. The first-order valence-electron chi connectivity index (χ1n) is 7.48. The maximum atomic E-state index is 4.47. The third-order valence-corrected chi connectivity index (χ3v) is 4.28. The van der Waals surface area contributed by atoms with Gasteiger partial charge in [-0.05, 0) is 37.4 Å². The summed E-state index contributed by atoms with van der Waals surface area (Å²) in [4.78, 5) is 7.03. The highest BCUT2D eigenvalue weighted by Crippen LogP contribution is 2.27. The molecule has 1 aromatic carbocycles. The highest BCUT2D eigenvalue weighted by atomic mass is 15.1. The quantitative estimate of drug-likeness (QED) is 0.899. The molecule has 3 rings (SSSR count). The van der Waals surface area contributed by atoms with Crippen LogP contribution in [0.4, 0.5) is 0 Å². The first-order chi connectivity index (χ1) is 9.36. The van der Waals surface area contributed by atoms with E-state index in [4.69, 9.17) is 0 Å². The number of nitrogens with zero attached hydrogens (tertiary/aromatic N) is 2. The minimum Gasteiger partial charge on any atom is -0.368 e. The van der Waals surface area contributed by atoms with Gasteiger partial charge in [-0.25, -0.2) is 0 Å². The van der Waals surface area contributed by atoms with Gasteiger partial charge >= 0.3 is 0 Å². The predicted octanol–water partition coefficient (Wildman–Crippen LogP) is 2.24. The molecule has 3 heteroatoms. The lowest BCUT2D eigenvalue weighted by atomic mass is 9.90. The second-order valence-corrected chi connectivity index (χ2v) is 5.51. The highest BCUT2D eigenvalue weighted by molar-refractivity contribution is 5.99. The van der Waals surface area contributed by atoms with E-state index in [1.165, 1.54) is 43.6 Å². The van der Waals surface area contributed by atoms with E-state index in [9.17, 15) is 0 Å². The molecule has 0 saturated carbocycles. The van der Waals surface area contributed by atoms with Gasteiger partial charge in [0.2, 0.25) is 0 Å². The van der Waals surface area contributed by atoms with Crippen LogP contribution in [0.5, 0.6) is 0 Å². The molecular weight excluding hydrogens is 234 g/mol. The fourth-order valence-electron chi connectivity index (χ4n) is 3.12. The molecule has 3 nitrogen and oxygen atoms in total. The molecule has 0 bridgehead atoms. The summed E-state index contributed by atoms with van der Waals surface area (Å²) in [6.45, 7) is 7.81. The van der Waals surface area contributed by atoms with Gasteiger partial charge in [-0.15, -0.1) is 0 Å². The minimum atomic E-state index is 0.709. The summed E-state index contributed by atoms with van der Waals surface area (Å²) in [5.74, 6) is 1.77. The zero-order chi connectivity index (χ0) is 13.1. The second-order valence-electron chi connectivity index (χ2n) is 5.51. The number of aliphatic imine (C=N–C) groups is 1. The summed E-state index contributed by atoms with van der Waals surface area (Å²) in [6, 6.07) is 9.03. The van der Waals surface area contributed by atoms with Crippen molar-refractivity contribution in [2.24, 2.45) is 4.99 Å². The van der Waals surface area contributed by atoms with Crippen molar-refractivity contribution in [2.45, 2.75) is 25.7 Å². The molecule has 1 saturated heterocycles. The molecule has 1 unspecified atom stereocenters. The standard InChI is InChI=1S/C16H23N3/c1-2-19-11-3-4-15(12-19)13-5-7-14(8-6-13)16-17-9-10-18-16/h5-8,15H,2-4,9-12H2,1H3,(H,17,18). The van der Waals surface area contributed by atoms with Crippen molar-refractivity contribution in [2.75, 3.05) is 32.7 Å². The Balaban J connectivity index is 1.71. The molecule has 0 amide bonds. The monoisotopic (exact) mass is 257 g/mol. The molecule has 0 spiro atoms. The van der Waals surface area contributed by atoms with Crippen molar-refractivity contribution in [1.29, 1.82) is 0 Å². The topological polar surface area (TPSA) is 27.6 Å². The maximum Gasteiger partial charge on any atom is 0.128 e. The third-order valence-electron chi connectivity index (χ3n) is 4.28. The SMILES string of the molecule is CCN1CCCC(c2ccc(C3=NCCN3)cc2)C1. The molecular formula is C16H23N3. The first kappa shape index (κ1) is 12.7. The van der Waals surface area contributed by atoms with E-state index in [1.54, 1.807) is 0 Å². The fraction of sp³-hybridized carbons (Fsp3) is 0.562. The summed E-state index contributed by atoms with van der Waals surface area (Å²) in [6.07, 6.45) is 2.66. The van der Waals surface area contributed by atoms with Crippen LogP contribution < -0.4 is 5.32 Å². The van der Waals surface area contributed by atoms with Gasteiger partial charge < -0.3 is 10.2 Å². The molecule has 1 aromatic rings. The zero-order valence-electron chi connectivity index (χ0n) is 11.7. The highest BCUT2D eigenvalue weighted by Gasteiger charge is 2.20. The molecule has 1 N–H and O–H groups in total. The Bertz CT molecular complexity index is 450. The van der Waals surface area contributed by atoms with E-state index in [0.29, 0.717) is 5.92 Å². The van der Waals surface area contributed by atoms with Gasteiger partial charge in [0.1, 0.15) is 5.84 Å². The largest absolute Gasteiger partial charge is 0.368 e. The molecule has 1 atom stereocenters. The van der Waals surface area contributed by atoms with Crippen molar-refractivity contribution in [3.63, 3.8) is 0 Å². The van der Waals surface area contributed by atoms with Crippen molar-refractivity contribution >= 4 is 5.84 Å². The molecule has 0 aromatic heterocycles. The molecule has 102 valence electrons. The average Bonchev–Trinajstić information content (AvgIpc) is 3.02. The molecule has 1 fully saturated rings. The smallest absolute Gasteiger partial charge is 0.128 e. The zero-order valence-corrected chi connectivity index (χ0v) is 11.7. The van der Waals surface area contributed by atoms with Crippen LogP contribution in [0.3, 0.4) is 0 Å². The van der Waals surface area contributed by atoms with Gasteiger partial charge in [-0.2, -0.15) is 0 Å².